The average molecular weight is 343 g/mol. The third kappa shape index (κ3) is 4.27. The van der Waals surface area contributed by atoms with Crippen LogP contribution in [0.15, 0.2) is 40.9 Å². The number of nitrogens with one attached hydrogen (secondary N) is 1. The van der Waals surface area contributed by atoms with Gasteiger partial charge in [0, 0.05) is 25.8 Å². The van der Waals surface area contributed by atoms with E-state index in [1.807, 2.05) is 6.07 Å². The van der Waals surface area contributed by atoms with Crippen LogP contribution in [0.3, 0.4) is 0 Å². The largest absolute Gasteiger partial charge is 0.377 e. The number of aromatic nitrogens is 1. The van der Waals surface area contributed by atoms with Gasteiger partial charge in [-0.15, -0.1) is 0 Å². The summed E-state index contributed by atoms with van der Waals surface area (Å²) in [5, 5.41) is 6.83. The molecule has 0 unspecified atom stereocenters. The van der Waals surface area contributed by atoms with Crippen LogP contribution in [0, 0.1) is 5.92 Å². The van der Waals surface area contributed by atoms with Crippen LogP contribution >= 0.6 is 0 Å². The molecule has 0 spiro atoms. The van der Waals surface area contributed by atoms with E-state index >= 15 is 0 Å². The van der Waals surface area contributed by atoms with Crippen molar-refractivity contribution in [1.29, 1.82) is 0 Å². The van der Waals surface area contributed by atoms with Crippen LogP contribution < -0.4 is 5.32 Å². The molecule has 6 nitrogen and oxygen atoms in total. The molecule has 6 heteroatoms. The fourth-order valence-electron chi connectivity index (χ4n) is 3.59. The Morgan fingerprint density at radius 1 is 1.40 bits per heavy atom. The quantitative estimate of drug-likeness (QED) is 0.873. The summed E-state index contributed by atoms with van der Waals surface area (Å²) in [6.07, 6.45) is 2.24. The first kappa shape index (κ1) is 17.6. The number of hydrogen-bond donors (Lipinski definition) is 1. The van der Waals surface area contributed by atoms with Crippen molar-refractivity contribution in [1.82, 2.24) is 15.4 Å². The maximum Gasteiger partial charge on any atom is 0.273 e. The van der Waals surface area contributed by atoms with Gasteiger partial charge < -0.3 is 14.6 Å². The Morgan fingerprint density at radius 2 is 2.20 bits per heavy atom. The molecule has 1 amide bonds. The number of ether oxygens (including phenoxy) is 1. The minimum Gasteiger partial charge on any atom is -0.377 e. The number of methoxy groups -OCH3 is 1. The van der Waals surface area contributed by atoms with Gasteiger partial charge in [0.15, 0.2) is 11.5 Å². The SMILES string of the molecule is COCc1cc(C(=O)NC[C@@H]2CCCN(C)[C@@H]2c2ccccc2)no1. The number of likely N-dealkylation sites (tertiary alicyclic amines) is 1. The van der Waals surface area contributed by atoms with Crippen molar-refractivity contribution in [3.8, 4) is 0 Å². The number of carbonyl (C=O) groups excluding carboxylic acids is 1. The Kier molecular flexibility index (Phi) is 5.83. The van der Waals surface area contributed by atoms with Crippen LogP contribution in [0.25, 0.3) is 0 Å². The molecule has 1 saturated heterocycles. The van der Waals surface area contributed by atoms with E-state index in [9.17, 15) is 4.79 Å². The molecule has 3 rings (SSSR count). The number of hydrogen-bond acceptors (Lipinski definition) is 5. The van der Waals surface area contributed by atoms with E-state index in [4.69, 9.17) is 9.26 Å². The van der Waals surface area contributed by atoms with Crippen LogP contribution in [0.4, 0.5) is 0 Å². The summed E-state index contributed by atoms with van der Waals surface area (Å²) in [4.78, 5) is 14.7. The molecular formula is C19H25N3O3. The van der Waals surface area contributed by atoms with Crippen molar-refractivity contribution in [2.75, 3.05) is 27.2 Å². The lowest BCUT2D eigenvalue weighted by Gasteiger charge is -2.39. The molecule has 0 radical (unpaired) electrons. The first-order valence-corrected chi connectivity index (χ1v) is 8.67. The molecule has 134 valence electrons. The minimum absolute atomic E-state index is 0.203. The van der Waals surface area contributed by atoms with Crippen LogP contribution in [0.2, 0.25) is 0 Å². The highest BCUT2D eigenvalue weighted by Crippen LogP contribution is 2.34. The van der Waals surface area contributed by atoms with Gasteiger partial charge in [0.05, 0.1) is 0 Å². The molecule has 2 aromatic rings. The fourth-order valence-corrected chi connectivity index (χ4v) is 3.59. The standard InChI is InChI=1S/C19H25N3O3/c1-22-10-6-9-15(18(22)14-7-4-3-5-8-14)12-20-19(23)17-11-16(13-24-2)25-21-17/h3-5,7-8,11,15,18H,6,9-10,12-13H2,1-2H3,(H,20,23)/t15-,18+/m0/s1. The number of amides is 1. The summed E-state index contributed by atoms with van der Waals surface area (Å²) < 4.78 is 10.1. The van der Waals surface area contributed by atoms with Gasteiger partial charge in [0.2, 0.25) is 0 Å². The number of benzene rings is 1. The lowest BCUT2D eigenvalue weighted by atomic mass is 9.85. The number of carbonyl (C=O) groups is 1. The zero-order valence-corrected chi connectivity index (χ0v) is 14.8. The molecule has 1 aromatic carbocycles. The molecule has 1 N–H and O–H groups in total. The Morgan fingerprint density at radius 3 is 2.96 bits per heavy atom. The number of nitrogens with zero attached hydrogens (tertiary/aromatic N) is 2. The summed E-state index contributed by atoms with van der Waals surface area (Å²) in [5.74, 6) is 0.716. The molecule has 0 aliphatic carbocycles. The Hall–Kier alpha value is -2.18. The summed E-state index contributed by atoms with van der Waals surface area (Å²) in [7, 11) is 3.73. The lowest BCUT2D eigenvalue weighted by molar-refractivity contribution is 0.0882. The van der Waals surface area contributed by atoms with Crippen LogP contribution in [0.5, 0.6) is 0 Å². The Labute approximate surface area is 148 Å². The molecule has 0 bridgehead atoms. The topological polar surface area (TPSA) is 67.6 Å². The van der Waals surface area contributed by atoms with E-state index in [2.05, 4.69) is 46.7 Å². The molecule has 0 saturated carbocycles. The van der Waals surface area contributed by atoms with Gasteiger partial charge in [-0.2, -0.15) is 0 Å². The Bertz CT molecular complexity index is 686. The highest BCUT2D eigenvalue weighted by atomic mass is 16.5. The highest BCUT2D eigenvalue weighted by Gasteiger charge is 2.30. The second-order valence-electron chi connectivity index (χ2n) is 6.56. The van der Waals surface area contributed by atoms with Crippen molar-refractivity contribution >= 4 is 5.91 Å². The van der Waals surface area contributed by atoms with Gasteiger partial charge in [-0.05, 0) is 37.9 Å². The zero-order valence-electron chi connectivity index (χ0n) is 14.8. The first-order valence-electron chi connectivity index (χ1n) is 8.67. The van der Waals surface area contributed by atoms with E-state index in [1.165, 1.54) is 5.56 Å². The predicted molar refractivity (Wildman–Crippen MR) is 94.1 cm³/mol. The maximum absolute atomic E-state index is 12.3. The molecular weight excluding hydrogens is 318 g/mol. The predicted octanol–water partition coefficient (Wildman–Crippen LogP) is 2.63. The van der Waals surface area contributed by atoms with E-state index < -0.39 is 0 Å². The van der Waals surface area contributed by atoms with Crippen molar-refractivity contribution in [2.45, 2.75) is 25.5 Å². The van der Waals surface area contributed by atoms with Crippen molar-refractivity contribution in [3.05, 3.63) is 53.4 Å². The van der Waals surface area contributed by atoms with Crippen LogP contribution in [-0.4, -0.2) is 43.2 Å². The van der Waals surface area contributed by atoms with Gasteiger partial charge in [0.25, 0.3) is 5.91 Å². The summed E-state index contributed by atoms with van der Waals surface area (Å²) >= 11 is 0. The van der Waals surface area contributed by atoms with Crippen LogP contribution in [0.1, 0.15) is 40.7 Å². The monoisotopic (exact) mass is 343 g/mol. The van der Waals surface area contributed by atoms with Crippen molar-refractivity contribution in [2.24, 2.45) is 5.92 Å². The number of rotatable bonds is 6. The van der Waals surface area contributed by atoms with E-state index in [0.717, 1.165) is 19.4 Å². The third-order valence-electron chi connectivity index (χ3n) is 4.75. The normalized spacial score (nSPS) is 21.2. The first-order chi connectivity index (χ1) is 12.2. The van der Waals surface area contributed by atoms with Crippen molar-refractivity contribution in [3.63, 3.8) is 0 Å². The molecule has 1 aliphatic rings. The zero-order chi connectivity index (χ0) is 17.6. The van der Waals surface area contributed by atoms with Crippen molar-refractivity contribution < 1.29 is 14.1 Å². The second kappa shape index (κ2) is 8.27. The van der Waals surface area contributed by atoms with E-state index in [1.54, 1.807) is 13.2 Å². The Balaban J connectivity index is 1.64. The van der Waals surface area contributed by atoms with Gasteiger partial charge in [0.1, 0.15) is 6.61 Å². The fraction of sp³-hybridized carbons (Fsp3) is 0.474. The molecule has 1 aromatic heterocycles. The third-order valence-corrected chi connectivity index (χ3v) is 4.75. The molecule has 1 aliphatic heterocycles. The molecule has 2 heterocycles. The maximum atomic E-state index is 12.3. The number of piperidine rings is 1. The van der Waals surface area contributed by atoms with Gasteiger partial charge in [-0.1, -0.05) is 35.5 Å². The summed E-state index contributed by atoms with van der Waals surface area (Å²) in [6, 6.07) is 12.4. The van der Waals surface area contributed by atoms with Crippen LogP contribution in [-0.2, 0) is 11.3 Å². The second-order valence-corrected chi connectivity index (χ2v) is 6.56. The van der Waals surface area contributed by atoms with Gasteiger partial charge in [-0.3, -0.25) is 9.69 Å². The van der Waals surface area contributed by atoms with E-state index in [0.29, 0.717) is 36.6 Å². The minimum atomic E-state index is -0.203. The smallest absolute Gasteiger partial charge is 0.273 e. The van der Waals surface area contributed by atoms with Gasteiger partial charge >= 0.3 is 0 Å². The summed E-state index contributed by atoms with van der Waals surface area (Å²) in [5.41, 5.74) is 1.60. The lowest BCUT2D eigenvalue weighted by Crippen LogP contribution is -2.41. The molecule has 1 fully saturated rings. The molecule has 25 heavy (non-hydrogen) atoms. The van der Waals surface area contributed by atoms with E-state index in [-0.39, 0.29) is 5.91 Å². The highest BCUT2D eigenvalue weighted by molar-refractivity contribution is 5.92. The summed E-state index contributed by atoms with van der Waals surface area (Å²) in [6.45, 7) is 2.01. The van der Waals surface area contributed by atoms with Gasteiger partial charge in [-0.25, -0.2) is 0 Å². The molecule has 2 atom stereocenters. The average Bonchev–Trinajstić information content (AvgIpc) is 3.09.